The van der Waals surface area contributed by atoms with Crippen LogP contribution in [0.25, 0.3) is 0 Å². The third-order valence-electron chi connectivity index (χ3n) is 4.90. The van der Waals surface area contributed by atoms with E-state index < -0.39 is 0 Å². The van der Waals surface area contributed by atoms with Gasteiger partial charge >= 0.3 is 0 Å². The molecule has 0 radical (unpaired) electrons. The fourth-order valence-electron chi connectivity index (χ4n) is 3.33. The van der Waals surface area contributed by atoms with Gasteiger partial charge in [0.15, 0.2) is 0 Å². The summed E-state index contributed by atoms with van der Waals surface area (Å²) in [5.74, 6) is 0. The molecule has 0 aromatic carbocycles. The third-order valence-corrected chi connectivity index (χ3v) is 4.90. The van der Waals surface area contributed by atoms with Crippen LogP contribution in [0.5, 0.6) is 0 Å². The summed E-state index contributed by atoms with van der Waals surface area (Å²) in [4.78, 5) is 2.43. The molecule has 1 heterocycles. The van der Waals surface area contributed by atoms with Gasteiger partial charge in [0.25, 0.3) is 0 Å². The lowest BCUT2D eigenvalue weighted by molar-refractivity contribution is 0.139. The molecule has 0 amide bonds. The first-order chi connectivity index (χ1) is 10.9. The van der Waals surface area contributed by atoms with Gasteiger partial charge in [0, 0.05) is 13.1 Å². The molecule has 0 aliphatic carbocycles. The molecule has 0 bridgehead atoms. The molecule has 0 aromatic rings. The van der Waals surface area contributed by atoms with E-state index in [-0.39, 0.29) is 0 Å². The van der Waals surface area contributed by atoms with Gasteiger partial charge in [-0.05, 0) is 6.42 Å². The maximum absolute atomic E-state index is 5.36. The highest BCUT2D eigenvalue weighted by Crippen LogP contribution is 2.13. The van der Waals surface area contributed by atoms with E-state index in [4.69, 9.17) is 4.74 Å². The van der Waals surface area contributed by atoms with Crippen molar-refractivity contribution in [2.24, 2.45) is 0 Å². The third kappa shape index (κ3) is 12.5. The lowest BCUT2D eigenvalue weighted by atomic mass is 10.0. The summed E-state index contributed by atoms with van der Waals surface area (Å²) < 4.78 is 5.36. The van der Waals surface area contributed by atoms with Crippen LogP contribution in [0.15, 0.2) is 0 Å². The number of ether oxygens (including phenoxy) is 1. The molecule has 22 heavy (non-hydrogen) atoms. The Kier molecular flexibility index (Phi) is 14.3. The highest BCUT2D eigenvalue weighted by atomic mass is 16.5. The Balaban J connectivity index is 1.64. The van der Waals surface area contributed by atoms with Crippen LogP contribution < -0.4 is 0 Å². The van der Waals surface area contributed by atoms with Crippen LogP contribution in [0, 0.1) is 0 Å². The Morgan fingerprint density at radius 1 is 0.636 bits per heavy atom. The molecule has 1 aliphatic heterocycles. The number of unbranched alkanes of at least 4 members (excludes halogenated alkanes) is 14. The maximum Gasteiger partial charge on any atom is 0.0991 e. The van der Waals surface area contributed by atoms with Crippen molar-refractivity contribution in [2.75, 3.05) is 26.4 Å². The Morgan fingerprint density at radius 2 is 1.09 bits per heavy atom. The average molecular weight is 312 g/mol. The molecular formula is C20H41NO. The first-order valence-corrected chi connectivity index (χ1v) is 10.2. The molecule has 132 valence electrons. The van der Waals surface area contributed by atoms with Crippen molar-refractivity contribution in [1.29, 1.82) is 0 Å². The van der Waals surface area contributed by atoms with Crippen LogP contribution in [0.2, 0.25) is 0 Å². The van der Waals surface area contributed by atoms with Crippen LogP contribution >= 0.6 is 0 Å². The molecule has 0 unspecified atom stereocenters. The van der Waals surface area contributed by atoms with Gasteiger partial charge in [-0.3, -0.25) is 4.90 Å². The van der Waals surface area contributed by atoms with Crippen molar-refractivity contribution in [3.05, 3.63) is 0 Å². The van der Waals surface area contributed by atoms with Crippen molar-refractivity contribution in [2.45, 2.75) is 103 Å². The summed E-state index contributed by atoms with van der Waals surface area (Å²) in [5.41, 5.74) is 0. The Labute approximate surface area is 140 Å². The minimum absolute atomic E-state index is 0.874. The summed E-state index contributed by atoms with van der Waals surface area (Å²) in [6.07, 6.45) is 21.7. The van der Waals surface area contributed by atoms with Crippen LogP contribution in [0.4, 0.5) is 0 Å². The molecule has 1 fully saturated rings. The van der Waals surface area contributed by atoms with Crippen molar-refractivity contribution in [3.63, 3.8) is 0 Å². The van der Waals surface area contributed by atoms with Crippen LogP contribution in [-0.4, -0.2) is 31.3 Å². The van der Waals surface area contributed by atoms with E-state index in [1.807, 2.05) is 0 Å². The Morgan fingerprint density at radius 3 is 1.50 bits per heavy atom. The zero-order chi connectivity index (χ0) is 15.7. The Hall–Kier alpha value is -0.0800. The fraction of sp³-hybridized carbons (Fsp3) is 1.00. The largest absolute Gasteiger partial charge is 0.365 e. The predicted octanol–water partition coefficient (Wildman–Crippen LogP) is 6.15. The van der Waals surface area contributed by atoms with E-state index in [0.717, 1.165) is 19.9 Å². The summed E-state index contributed by atoms with van der Waals surface area (Å²) in [6, 6.07) is 0. The molecule has 1 aliphatic rings. The van der Waals surface area contributed by atoms with Crippen molar-refractivity contribution in [3.8, 4) is 0 Å². The fourth-order valence-corrected chi connectivity index (χ4v) is 3.33. The molecular weight excluding hydrogens is 270 g/mol. The van der Waals surface area contributed by atoms with Crippen LogP contribution in [-0.2, 0) is 4.74 Å². The molecule has 2 nitrogen and oxygen atoms in total. The molecule has 0 spiro atoms. The van der Waals surface area contributed by atoms with Crippen LogP contribution in [0.3, 0.4) is 0 Å². The molecule has 1 rings (SSSR count). The smallest absolute Gasteiger partial charge is 0.0991 e. The molecule has 1 saturated heterocycles. The minimum Gasteiger partial charge on any atom is -0.365 e. The highest BCUT2D eigenvalue weighted by Gasteiger charge is 2.10. The lowest BCUT2D eigenvalue weighted by Gasteiger charge is -2.11. The van der Waals surface area contributed by atoms with Gasteiger partial charge in [0.2, 0.25) is 0 Å². The highest BCUT2D eigenvalue weighted by molar-refractivity contribution is 4.58. The van der Waals surface area contributed by atoms with E-state index in [0.29, 0.717) is 0 Å². The van der Waals surface area contributed by atoms with Gasteiger partial charge in [-0.2, -0.15) is 0 Å². The second kappa shape index (κ2) is 15.8. The summed E-state index contributed by atoms with van der Waals surface area (Å²) in [6.45, 7) is 6.51. The average Bonchev–Trinajstić information content (AvgIpc) is 3.04. The van der Waals surface area contributed by atoms with Crippen molar-refractivity contribution < 1.29 is 4.74 Å². The van der Waals surface area contributed by atoms with E-state index in [9.17, 15) is 0 Å². The predicted molar refractivity (Wildman–Crippen MR) is 97.3 cm³/mol. The molecule has 0 N–H and O–H groups in total. The number of rotatable bonds is 16. The lowest BCUT2D eigenvalue weighted by Crippen LogP contribution is -2.20. The van der Waals surface area contributed by atoms with E-state index in [1.54, 1.807) is 0 Å². The molecule has 0 aromatic heterocycles. The summed E-state index contributed by atoms with van der Waals surface area (Å²) >= 11 is 0. The van der Waals surface area contributed by atoms with Gasteiger partial charge in [-0.1, -0.05) is 96.8 Å². The van der Waals surface area contributed by atoms with E-state index >= 15 is 0 Å². The first kappa shape index (κ1) is 20.0. The number of nitrogens with zero attached hydrogens (tertiary/aromatic N) is 1. The topological polar surface area (TPSA) is 12.5 Å². The van der Waals surface area contributed by atoms with Crippen LogP contribution in [0.1, 0.15) is 103 Å². The summed E-state index contributed by atoms with van der Waals surface area (Å²) in [7, 11) is 0. The standard InChI is InChI=1S/C20H41NO/c1-2-3-4-5-6-7-8-9-10-11-12-13-14-15-16-17-21-18-19-22-20-21/h2-20H2,1H3. The van der Waals surface area contributed by atoms with Crippen molar-refractivity contribution in [1.82, 2.24) is 4.90 Å². The van der Waals surface area contributed by atoms with Gasteiger partial charge in [0.1, 0.15) is 0 Å². The van der Waals surface area contributed by atoms with Gasteiger partial charge in [0.05, 0.1) is 13.3 Å². The second-order valence-electron chi connectivity index (χ2n) is 7.11. The van der Waals surface area contributed by atoms with Gasteiger partial charge in [-0.25, -0.2) is 0 Å². The molecule has 0 saturated carbocycles. The molecule has 2 heteroatoms. The van der Waals surface area contributed by atoms with Gasteiger partial charge in [-0.15, -0.1) is 0 Å². The maximum atomic E-state index is 5.36. The first-order valence-electron chi connectivity index (χ1n) is 10.2. The normalized spacial score (nSPS) is 15.7. The minimum atomic E-state index is 0.874. The van der Waals surface area contributed by atoms with E-state index in [2.05, 4.69) is 11.8 Å². The summed E-state index contributed by atoms with van der Waals surface area (Å²) in [5, 5.41) is 0. The SMILES string of the molecule is CCCCCCCCCCCCCCCCCN1CCOC1. The van der Waals surface area contributed by atoms with Crippen molar-refractivity contribution >= 4 is 0 Å². The van der Waals surface area contributed by atoms with E-state index in [1.165, 1.54) is 103 Å². The number of hydrogen-bond acceptors (Lipinski definition) is 2. The zero-order valence-electron chi connectivity index (χ0n) is 15.3. The molecule has 0 atom stereocenters. The van der Waals surface area contributed by atoms with Gasteiger partial charge < -0.3 is 4.74 Å². The Bertz CT molecular complexity index is 214. The quantitative estimate of drug-likeness (QED) is 0.317. The second-order valence-corrected chi connectivity index (χ2v) is 7.11. The zero-order valence-corrected chi connectivity index (χ0v) is 15.3. The number of hydrogen-bond donors (Lipinski definition) is 0. The monoisotopic (exact) mass is 311 g/mol.